The molecule has 1 saturated carbocycles. The van der Waals surface area contributed by atoms with E-state index in [2.05, 4.69) is 40.5 Å². The monoisotopic (exact) mass is 322 g/mol. The summed E-state index contributed by atoms with van der Waals surface area (Å²) in [4.78, 5) is 12.1. The lowest BCUT2D eigenvalue weighted by Gasteiger charge is -2.28. The second-order valence-electron chi connectivity index (χ2n) is 6.97. The Balaban J connectivity index is 1.66. The van der Waals surface area contributed by atoms with Gasteiger partial charge in [0.1, 0.15) is 5.82 Å². The molecule has 0 amide bonds. The summed E-state index contributed by atoms with van der Waals surface area (Å²) >= 11 is 0. The molecule has 0 bridgehead atoms. The Morgan fingerprint density at radius 3 is 2.38 bits per heavy atom. The standard InChI is InChI=1S/C20H26N4/c1-3-9-16(10-4-1)18-15-19(24-13-7-2-8-14-24)23-20(22-18)21-17-11-5-6-12-17/h1,3-4,9-10,15,17H,2,5-8,11-14H2,(H,21,22,23). The Hall–Kier alpha value is -2.10. The molecule has 4 nitrogen and oxygen atoms in total. The maximum absolute atomic E-state index is 4.85. The van der Waals surface area contributed by atoms with Crippen molar-refractivity contribution in [3.8, 4) is 11.3 Å². The number of hydrogen-bond donors (Lipinski definition) is 1. The van der Waals surface area contributed by atoms with Gasteiger partial charge in [-0.15, -0.1) is 0 Å². The molecule has 0 spiro atoms. The predicted octanol–water partition coefficient (Wildman–Crippen LogP) is 4.49. The van der Waals surface area contributed by atoms with E-state index in [9.17, 15) is 0 Å². The van der Waals surface area contributed by atoms with E-state index >= 15 is 0 Å². The molecule has 4 rings (SSSR count). The number of nitrogens with one attached hydrogen (secondary N) is 1. The molecule has 1 aliphatic heterocycles. The minimum Gasteiger partial charge on any atom is -0.356 e. The Morgan fingerprint density at radius 1 is 0.875 bits per heavy atom. The lowest BCUT2D eigenvalue weighted by molar-refractivity contribution is 0.573. The fourth-order valence-corrected chi connectivity index (χ4v) is 3.79. The average molecular weight is 322 g/mol. The Labute approximate surface area is 144 Å². The Morgan fingerprint density at radius 2 is 1.62 bits per heavy atom. The van der Waals surface area contributed by atoms with Gasteiger partial charge in [0.05, 0.1) is 5.69 Å². The number of aromatic nitrogens is 2. The van der Waals surface area contributed by atoms with Crippen molar-refractivity contribution in [2.75, 3.05) is 23.3 Å². The van der Waals surface area contributed by atoms with Crippen molar-refractivity contribution in [3.05, 3.63) is 36.4 Å². The van der Waals surface area contributed by atoms with Crippen LogP contribution < -0.4 is 10.2 Å². The van der Waals surface area contributed by atoms with Gasteiger partial charge in [0.15, 0.2) is 0 Å². The van der Waals surface area contributed by atoms with Crippen molar-refractivity contribution in [2.24, 2.45) is 0 Å². The van der Waals surface area contributed by atoms with Crippen LogP contribution in [0.4, 0.5) is 11.8 Å². The van der Waals surface area contributed by atoms with Gasteiger partial charge in [-0.2, -0.15) is 4.98 Å². The van der Waals surface area contributed by atoms with Gasteiger partial charge in [-0.3, -0.25) is 0 Å². The highest BCUT2D eigenvalue weighted by Gasteiger charge is 2.19. The van der Waals surface area contributed by atoms with Crippen LogP contribution in [0.1, 0.15) is 44.9 Å². The molecule has 2 fully saturated rings. The van der Waals surface area contributed by atoms with Gasteiger partial charge >= 0.3 is 0 Å². The van der Waals surface area contributed by atoms with E-state index < -0.39 is 0 Å². The Bertz CT molecular complexity index is 659. The van der Waals surface area contributed by atoms with Crippen LogP contribution in [0.15, 0.2) is 36.4 Å². The molecule has 24 heavy (non-hydrogen) atoms. The number of nitrogens with zero attached hydrogens (tertiary/aromatic N) is 3. The second-order valence-corrected chi connectivity index (χ2v) is 6.97. The van der Waals surface area contributed by atoms with Gasteiger partial charge in [0, 0.05) is 30.8 Å². The van der Waals surface area contributed by atoms with E-state index in [0.717, 1.165) is 36.1 Å². The van der Waals surface area contributed by atoms with Crippen molar-refractivity contribution in [2.45, 2.75) is 51.0 Å². The van der Waals surface area contributed by atoms with Gasteiger partial charge in [-0.1, -0.05) is 43.2 Å². The van der Waals surface area contributed by atoms with Crippen molar-refractivity contribution >= 4 is 11.8 Å². The summed E-state index contributed by atoms with van der Waals surface area (Å²) in [5.41, 5.74) is 2.18. The minimum atomic E-state index is 0.533. The average Bonchev–Trinajstić information content (AvgIpc) is 3.16. The summed E-state index contributed by atoms with van der Waals surface area (Å²) in [5, 5.41) is 3.58. The molecular formula is C20H26N4. The van der Waals surface area contributed by atoms with E-state index in [1.165, 1.54) is 44.9 Å². The maximum atomic E-state index is 4.85. The molecule has 1 aliphatic carbocycles. The highest BCUT2D eigenvalue weighted by atomic mass is 15.2. The molecule has 4 heteroatoms. The summed E-state index contributed by atoms with van der Waals surface area (Å²) in [6.45, 7) is 2.21. The molecule has 126 valence electrons. The smallest absolute Gasteiger partial charge is 0.225 e. The number of benzene rings is 1. The van der Waals surface area contributed by atoms with Crippen molar-refractivity contribution in [1.82, 2.24) is 9.97 Å². The first-order chi connectivity index (χ1) is 11.9. The fraction of sp³-hybridized carbons (Fsp3) is 0.500. The summed E-state index contributed by atoms with van der Waals surface area (Å²) in [5.74, 6) is 1.87. The minimum absolute atomic E-state index is 0.533. The SMILES string of the molecule is c1ccc(-c2cc(N3CCCCC3)nc(NC3CCCC3)n2)cc1. The van der Waals surface area contributed by atoms with E-state index in [1.54, 1.807) is 0 Å². The summed E-state index contributed by atoms with van der Waals surface area (Å²) in [6, 6.07) is 13.1. The van der Waals surface area contributed by atoms with Gasteiger partial charge < -0.3 is 10.2 Å². The molecular weight excluding hydrogens is 296 g/mol. The molecule has 1 aromatic carbocycles. The molecule has 1 aromatic heterocycles. The summed E-state index contributed by atoms with van der Waals surface area (Å²) in [6.07, 6.45) is 8.95. The topological polar surface area (TPSA) is 41.1 Å². The van der Waals surface area contributed by atoms with Crippen molar-refractivity contribution < 1.29 is 0 Å². The Kier molecular flexibility index (Phi) is 4.63. The molecule has 2 aromatic rings. The van der Waals surface area contributed by atoms with Gasteiger partial charge in [-0.05, 0) is 32.1 Å². The zero-order chi connectivity index (χ0) is 16.2. The van der Waals surface area contributed by atoms with Crippen LogP contribution in [0.5, 0.6) is 0 Å². The van der Waals surface area contributed by atoms with E-state index in [4.69, 9.17) is 9.97 Å². The van der Waals surface area contributed by atoms with E-state index in [-0.39, 0.29) is 0 Å². The predicted molar refractivity (Wildman–Crippen MR) is 99.4 cm³/mol. The first-order valence-corrected chi connectivity index (χ1v) is 9.34. The lowest BCUT2D eigenvalue weighted by atomic mass is 10.1. The molecule has 0 atom stereocenters. The van der Waals surface area contributed by atoms with Gasteiger partial charge in [0.25, 0.3) is 0 Å². The van der Waals surface area contributed by atoms with E-state index in [0.29, 0.717) is 6.04 Å². The molecule has 1 N–H and O–H groups in total. The third-order valence-corrected chi connectivity index (χ3v) is 5.15. The van der Waals surface area contributed by atoms with Crippen LogP contribution >= 0.6 is 0 Å². The van der Waals surface area contributed by atoms with Gasteiger partial charge in [0.2, 0.25) is 5.95 Å². The maximum Gasteiger partial charge on any atom is 0.225 e. The van der Waals surface area contributed by atoms with Crippen LogP contribution in [0.2, 0.25) is 0 Å². The highest BCUT2D eigenvalue weighted by molar-refractivity contribution is 5.65. The zero-order valence-corrected chi connectivity index (χ0v) is 14.2. The fourth-order valence-electron chi connectivity index (χ4n) is 3.79. The van der Waals surface area contributed by atoms with Gasteiger partial charge in [-0.25, -0.2) is 4.98 Å². The second kappa shape index (κ2) is 7.20. The molecule has 0 radical (unpaired) electrons. The number of hydrogen-bond acceptors (Lipinski definition) is 4. The number of piperidine rings is 1. The highest BCUT2D eigenvalue weighted by Crippen LogP contribution is 2.27. The van der Waals surface area contributed by atoms with Crippen LogP contribution in [0.3, 0.4) is 0 Å². The van der Waals surface area contributed by atoms with Crippen molar-refractivity contribution in [3.63, 3.8) is 0 Å². The van der Waals surface area contributed by atoms with Crippen LogP contribution in [0.25, 0.3) is 11.3 Å². The summed E-state index contributed by atoms with van der Waals surface area (Å²) in [7, 11) is 0. The van der Waals surface area contributed by atoms with E-state index in [1.807, 2.05) is 6.07 Å². The largest absolute Gasteiger partial charge is 0.356 e. The third-order valence-electron chi connectivity index (χ3n) is 5.15. The molecule has 2 aliphatic rings. The first-order valence-electron chi connectivity index (χ1n) is 9.34. The van der Waals surface area contributed by atoms with Crippen LogP contribution in [0, 0.1) is 0 Å². The zero-order valence-electron chi connectivity index (χ0n) is 14.2. The molecule has 2 heterocycles. The number of anilines is 2. The van der Waals surface area contributed by atoms with Crippen molar-refractivity contribution in [1.29, 1.82) is 0 Å². The first kappa shape index (κ1) is 15.4. The van der Waals surface area contributed by atoms with Crippen LogP contribution in [-0.2, 0) is 0 Å². The quantitative estimate of drug-likeness (QED) is 0.900. The molecule has 1 saturated heterocycles. The third kappa shape index (κ3) is 3.53. The number of rotatable bonds is 4. The molecule has 0 unspecified atom stereocenters. The van der Waals surface area contributed by atoms with Crippen LogP contribution in [-0.4, -0.2) is 29.1 Å². The summed E-state index contributed by atoms with van der Waals surface area (Å²) < 4.78 is 0. The lowest BCUT2D eigenvalue weighted by Crippen LogP contribution is -2.30. The normalized spacial score (nSPS) is 18.8.